The van der Waals surface area contributed by atoms with Crippen LogP contribution in [0.2, 0.25) is 0 Å². The molecule has 2 aromatic heterocycles. The van der Waals surface area contributed by atoms with Gasteiger partial charge in [-0.1, -0.05) is 13.8 Å². The Labute approximate surface area is 69.9 Å². The Balaban J connectivity index is 0.000000281. The zero-order valence-corrected chi connectivity index (χ0v) is 7.43. The number of rotatable bonds is 0. The quantitative estimate of drug-likeness (QED) is 0.601. The first-order chi connectivity index (χ1) is 5.47. The van der Waals surface area contributed by atoms with Gasteiger partial charge in [0.05, 0.1) is 5.52 Å². The minimum Gasteiger partial charge on any atom is -0.252 e. The molecular formula is C8H10N2S. The highest BCUT2D eigenvalue weighted by Gasteiger charge is 1.91. The van der Waals surface area contributed by atoms with Crippen LogP contribution in [-0.2, 0) is 0 Å². The van der Waals surface area contributed by atoms with Crippen LogP contribution in [-0.4, -0.2) is 9.97 Å². The molecule has 0 saturated heterocycles. The largest absolute Gasteiger partial charge is 0.252 e. The van der Waals surface area contributed by atoms with Gasteiger partial charge in [0.2, 0.25) is 0 Å². The van der Waals surface area contributed by atoms with E-state index in [-0.39, 0.29) is 0 Å². The average molecular weight is 166 g/mol. The molecule has 0 N–H and O–H groups in total. The molecule has 0 bridgehead atoms. The van der Waals surface area contributed by atoms with E-state index in [1.807, 2.05) is 25.3 Å². The van der Waals surface area contributed by atoms with Gasteiger partial charge in [-0.2, -0.15) is 0 Å². The summed E-state index contributed by atoms with van der Waals surface area (Å²) in [6.45, 7) is 4.00. The summed E-state index contributed by atoms with van der Waals surface area (Å²) >= 11 is 1.61. The van der Waals surface area contributed by atoms with Crippen molar-refractivity contribution in [1.29, 1.82) is 0 Å². The maximum absolute atomic E-state index is 4.10. The van der Waals surface area contributed by atoms with Crippen molar-refractivity contribution >= 4 is 21.7 Å². The second-order valence-electron chi connectivity index (χ2n) is 1.67. The van der Waals surface area contributed by atoms with E-state index < -0.39 is 0 Å². The number of fused-ring (bicyclic) bond motifs is 1. The Morgan fingerprint density at radius 3 is 2.64 bits per heavy atom. The van der Waals surface area contributed by atoms with E-state index >= 15 is 0 Å². The minimum absolute atomic E-state index is 0.988. The summed E-state index contributed by atoms with van der Waals surface area (Å²) in [4.78, 5) is 9.20. The van der Waals surface area contributed by atoms with Crippen LogP contribution in [0.5, 0.6) is 0 Å². The fourth-order valence-corrected chi connectivity index (χ4v) is 1.39. The molecule has 2 heterocycles. The maximum Gasteiger partial charge on any atom is 0.141 e. The summed E-state index contributed by atoms with van der Waals surface area (Å²) in [5, 5.41) is 1.99. The smallest absolute Gasteiger partial charge is 0.141 e. The summed E-state index contributed by atoms with van der Waals surface area (Å²) in [6, 6.07) is 1.97. The van der Waals surface area contributed by atoms with Gasteiger partial charge in [0.1, 0.15) is 4.83 Å². The molecule has 0 aliphatic rings. The highest BCUT2D eigenvalue weighted by Crippen LogP contribution is 2.13. The van der Waals surface area contributed by atoms with Gasteiger partial charge in [0.25, 0.3) is 0 Å². The first kappa shape index (κ1) is 8.14. The molecule has 2 nitrogen and oxygen atoms in total. The topological polar surface area (TPSA) is 25.8 Å². The van der Waals surface area contributed by atoms with Gasteiger partial charge in [-0.25, -0.2) is 4.98 Å². The first-order valence-corrected chi connectivity index (χ1v) is 4.49. The molecule has 0 aromatic carbocycles. The van der Waals surface area contributed by atoms with Crippen molar-refractivity contribution in [3.05, 3.63) is 23.8 Å². The Hall–Kier alpha value is -0.960. The van der Waals surface area contributed by atoms with E-state index in [0.717, 1.165) is 10.3 Å². The molecule has 11 heavy (non-hydrogen) atoms. The van der Waals surface area contributed by atoms with E-state index in [0.29, 0.717) is 0 Å². The van der Waals surface area contributed by atoms with Crippen molar-refractivity contribution in [3.8, 4) is 0 Å². The third kappa shape index (κ3) is 1.74. The fourth-order valence-electron chi connectivity index (χ4n) is 0.704. The van der Waals surface area contributed by atoms with E-state index in [1.165, 1.54) is 0 Å². The normalized spacial score (nSPS) is 8.91. The van der Waals surface area contributed by atoms with Crippen LogP contribution in [0.25, 0.3) is 10.3 Å². The highest BCUT2D eigenvalue weighted by molar-refractivity contribution is 7.16. The van der Waals surface area contributed by atoms with Crippen LogP contribution >= 0.6 is 11.3 Å². The van der Waals surface area contributed by atoms with Gasteiger partial charge in [0, 0.05) is 12.4 Å². The van der Waals surface area contributed by atoms with Gasteiger partial charge in [-0.05, 0) is 11.4 Å². The van der Waals surface area contributed by atoms with E-state index in [4.69, 9.17) is 0 Å². The molecule has 2 aromatic rings. The third-order valence-electron chi connectivity index (χ3n) is 1.10. The SMILES string of the molecule is CC.c1cnc2sccc2n1. The lowest BCUT2D eigenvalue weighted by molar-refractivity contribution is 1.32. The van der Waals surface area contributed by atoms with Crippen LogP contribution < -0.4 is 0 Å². The van der Waals surface area contributed by atoms with Crippen LogP contribution in [0.15, 0.2) is 23.8 Å². The van der Waals surface area contributed by atoms with Crippen LogP contribution in [0, 0.1) is 0 Å². The summed E-state index contributed by atoms with van der Waals surface area (Å²) in [6.07, 6.45) is 3.41. The van der Waals surface area contributed by atoms with Gasteiger partial charge < -0.3 is 0 Å². The summed E-state index contributed by atoms with van der Waals surface area (Å²) in [5.74, 6) is 0. The fraction of sp³-hybridized carbons (Fsp3) is 0.250. The highest BCUT2D eigenvalue weighted by atomic mass is 32.1. The summed E-state index contributed by atoms with van der Waals surface area (Å²) in [7, 11) is 0. The number of hydrogen-bond donors (Lipinski definition) is 0. The molecule has 0 aliphatic carbocycles. The Bertz CT molecular complexity index is 286. The molecule has 0 unspecified atom stereocenters. The summed E-state index contributed by atoms with van der Waals surface area (Å²) < 4.78 is 0. The average Bonchev–Trinajstić information content (AvgIpc) is 2.55. The van der Waals surface area contributed by atoms with E-state index in [2.05, 4.69) is 9.97 Å². The second kappa shape index (κ2) is 4.03. The molecule has 0 aliphatic heterocycles. The first-order valence-electron chi connectivity index (χ1n) is 3.61. The maximum atomic E-state index is 4.10. The van der Waals surface area contributed by atoms with Gasteiger partial charge >= 0.3 is 0 Å². The number of hydrogen-bond acceptors (Lipinski definition) is 3. The van der Waals surface area contributed by atoms with Crippen molar-refractivity contribution in [1.82, 2.24) is 9.97 Å². The lowest BCUT2D eigenvalue weighted by Crippen LogP contribution is -1.72. The monoisotopic (exact) mass is 166 g/mol. The van der Waals surface area contributed by atoms with Crippen molar-refractivity contribution in [2.45, 2.75) is 13.8 Å². The summed E-state index contributed by atoms with van der Waals surface area (Å²) in [5.41, 5.74) is 0.988. The zero-order valence-electron chi connectivity index (χ0n) is 6.61. The predicted octanol–water partition coefficient (Wildman–Crippen LogP) is 2.72. The lowest BCUT2D eigenvalue weighted by Gasteiger charge is -1.81. The molecule has 0 radical (unpaired) electrons. The van der Waals surface area contributed by atoms with Crippen molar-refractivity contribution < 1.29 is 0 Å². The third-order valence-corrected chi connectivity index (χ3v) is 1.91. The predicted molar refractivity (Wildman–Crippen MR) is 48.8 cm³/mol. The Morgan fingerprint density at radius 1 is 1.18 bits per heavy atom. The number of aromatic nitrogens is 2. The van der Waals surface area contributed by atoms with Crippen molar-refractivity contribution in [2.75, 3.05) is 0 Å². The zero-order chi connectivity index (χ0) is 8.10. The molecule has 3 heteroatoms. The standard InChI is InChI=1S/C6H4N2S.C2H6/c1-4-9-6-5(1)7-2-3-8-6;1-2/h1-4H;1-2H3. The molecule has 0 saturated carbocycles. The van der Waals surface area contributed by atoms with Crippen LogP contribution in [0.4, 0.5) is 0 Å². The lowest BCUT2D eigenvalue weighted by atomic mass is 10.5. The molecule has 0 atom stereocenters. The minimum atomic E-state index is 0.988. The molecule has 2 rings (SSSR count). The van der Waals surface area contributed by atoms with Gasteiger partial charge in [-0.15, -0.1) is 11.3 Å². The van der Waals surface area contributed by atoms with E-state index in [9.17, 15) is 0 Å². The van der Waals surface area contributed by atoms with Crippen LogP contribution in [0.3, 0.4) is 0 Å². The molecule has 0 amide bonds. The van der Waals surface area contributed by atoms with Crippen molar-refractivity contribution in [3.63, 3.8) is 0 Å². The Morgan fingerprint density at radius 2 is 1.91 bits per heavy atom. The van der Waals surface area contributed by atoms with Crippen LogP contribution in [0.1, 0.15) is 13.8 Å². The number of thiophene rings is 1. The Kier molecular flexibility index (Phi) is 2.98. The number of nitrogens with zero attached hydrogens (tertiary/aromatic N) is 2. The van der Waals surface area contributed by atoms with Gasteiger partial charge in [-0.3, -0.25) is 4.98 Å². The molecule has 0 fully saturated rings. The van der Waals surface area contributed by atoms with Gasteiger partial charge in [0.15, 0.2) is 0 Å². The second-order valence-corrected chi connectivity index (χ2v) is 2.56. The molecular weight excluding hydrogens is 156 g/mol. The molecule has 0 spiro atoms. The van der Waals surface area contributed by atoms with Crippen molar-refractivity contribution in [2.24, 2.45) is 0 Å². The molecule has 58 valence electrons. The van der Waals surface area contributed by atoms with E-state index in [1.54, 1.807) is 23.7 Å².